The summed E-state index contributed by atoms with van der Waals surface area (Å²) in [6.45, 7) is 4.66. The van der Waals surface area contributed by atoms with Gasteiger partial charge in [-0.3, -0.25) is 9.79 Å². The van der Waals surface area contributed by atoms with Gasteiger partial charge in [0.2, 0.25) is 0 Å². The van der Waals surface area contributed by atoms with Crippen LogP contribution in [0.5, 0.6) is 0 Å². The van der Waals surface area contributed by atoms with E-state index in [-0.39, 0.29) is 35.3 Å². The molecule has 0 unspecified atom stereocenters. The summed E-state index contributed by atoms with van der Waals surface area (Å²) in [6.07, 6.45) is 2.35. The molecule has 0 aliphatic heterocycles. The smallest absolute Gasteiger partial charge is 0.252 e. The van der Waals surface area contributed by atoms with Crippen molar-refractivity contribution in [1.82, 2.24) is 16.0 Å². The molecule has 3 rings (SSSR count). The van der Waals surface area contributed by atoms with E-state index in [1.165, 1.54) is 18.4 Å². The Labute approximate surface area is 194 Å². The van der Waals surface area contributed by atoms with Gasteiger partial charge < -0.3 is 16.0 Å². The van der Waals surface area contributed by atoms with Crippen molar-refractivity contribution in [2.45, 2.75) is 25.2 Å². The van der Waals surface area contributed by atoms with Crippen molar-refractivity contribution in [1.29, 1.82) is 0 Å². The molecule has 156 valence electrons. The Hall–Kier alpha value is -1.80. The Morgan fingerprint density at radius 2 is 1.66 bits per heavy atom. The standard InChI is InChI=1S/C22H27ClN4O.HI/c1-2-24-21(27-16-22(12-13-22)17-8-4-3-5-9-17)26-15-14-25-20(28)18-10-6-7-11-19(18)23;/h3-11H,2,12-16H2,1H3,(H,25,28)(H2,24,26,27);1H. The lowest BCUT2D eigenvalue weighted by atomic mass is 9.96. The predicted octanol–water partition coefficient (Wildman–Crippen LogP) is 3.97. The molecule has 0 saturated heterocycles. The van der Waals surface area contributed by atoms with Gasteiger partial charge in [0, 0.05) is 25.0 Å². The Bertz CT molecular complexity index is 825. The molecule has 29 heavy (non-hydrogen) atoms. The molecule has 0 spiro atoms. The highest BCUT2D eigenvalue weighted by molar-refractivity contribution is 14.0. The van der Waals surface area contributed by atoms with Crippen LogP contribution in [-0.4, -0.2) is 38.0 Å². The Kier molecular flexibility index (Phi) is 9.23. The summed E-state index contributed by atoms with van der Waals surface area (Å²) in [5.41, 5.74) is 2.03. The van der Waals surface area contributed by atoms with Crippen LogP contribution in [0, 0.1) is 0 Å². The van der Waals surface area contributed by atoms with E-state index in [1.807, 2.05) is 19.1 Å². The Balaban J connectivity index is 0.00000300. The summed E-state index contributed by atoms with van der Waals surface area (Å²) >= 11 is 6.06. The molecule has 0 heterocycles. The average Bonchev–Trinajstić information content (AvgIpc) is 3.51. The van der Waals surface area contributed by atoms with Crippen molar-refractivity contribution in [3.05, 3.63) is 70.7 Å². The van der Waals surface area contributed by atoms with Crippen LogP contribution >= 0.6 is 35.6 Å². The number of benzene rings is 2. The molecule has 2 aromatic carbocycles. The summed E-state index contributed by atoms with van der Waals surface area (Å²) < 4.78 is 0. The molecule has 1 aliphatic rings. The number of hydrogen-bond donors (Lipinski definition) is 3. The normalized spacial score (nSPS) is 14.5. The third kappa shape index (κ3) is 6.60. The van der Waals surface area contributed by atoms with E-state index in [2.05, 4.69) is 40.2 Å². The molecule has 1 aliphatic carbocycles. The van der Waals surface area contributed by atoms with Gasteiger partial charge in [0.15, 0.2) is 5.96 Å². The van der Waals surface area contributed by atoms with Crippen LogP contribution in [0.3, 0.4) is 0 Å². The summed E-state index contributed by atoms with van der Waals surface area (Å²) in [5, 5.41) is 9.89. The fourth-order valence-corrected chi connectivity index (χ4v) is 3.37. The SMILES string of the molecule is CCNC(=NCC1(c2ccccc2)CC1)NCCNC(=O)c1ccccc1Cl.I. The second kappa shape index (κ2) is 11.4. The van der Waals surface area contributed by atoms with Crippen LogP contribution in [0.1, 0.15) is 35.7 Å². The molecule has 3 N–H and O–H groups in total. The minimum Gasteiger partial charge on any atom is -0.357 e. The van der Waals surface area contributed by atoms with Crippen LogP contribution < -0.4 is 16.0 Å². The van der Waals surface area contributed by atoms with Gasteiger partial charge in [0.1, 0.15) is 0 Å². The zero-order chi connectivity index (χ0) is 19.8. The molecule has 1 fully saturated rings. The minimum atomic E-state index is -0.171. The number of guanidine groups is 1. The number of carbonyl (C=O) groups excluding carboxylic acids is 1. The predicted molar refractivity (Wildman–Crippen MR) is 131 cm³/mol. The lowest BCUT2D eigenvalue weighted by molar-refractivity contribution is 0.0954. The van der Waals surface area contributed by atoms with Crippen LogP contribution in [-0.2, 0) is 5.41 Å². The molecule has 0 bridgehead atoms. The third-order valence-corrected chi connectivity index (χ3v) is 5.27. The summed E-state index contributed by atoms with van der Waals surface area (Å²) in [6, 6.07) is 17.6. The topological polar surface area (TPSA) is 65.5 Å². The van der Waals surface area contributed by atoms with Crippen molar-refractivity contribution in [3.63, 3.8) is 0 Å². The summed E-state index contributed by atoms with van der Waals surface area (Å²) in [4.78, 5) is 17.0. The number of nitrogens with zero attached hydrogens (tertiary/aromatic N) is 1. The molecular weight excluding hydrogens is 499 g/mol. The van der Waals surface area contributed by atoms with Crippen LogP contribution in [0.2, 0.25) is 5.02 Å². The van der Waals surface area contributed by atoms with Crippen LogP contribution in [0.4, 0.5) is 0 Å². The largest absolute Gasteiger partial charge is 0.357 e. The van der Waals surface area contributed by atoms with Crippen molar-refractivity contribution < 1.29 is 4.79 Å². The van der Waals surface area contributed by atoms with Gasteiger partial charge in [-0.15, -0.1) is 24.0 Å². The minimum absolute atomic E-state index is 0. The fraction of sp³-hybridized carbons (Fsp3) is 0.364. The highest BCUT2D eigenvalue weighted by atomic mass is 127. The highest BCUT2D eigenvalue weighted by Gasteiger charge is 2.43. The number of aliphatic imine (C=N–C) groups is 1. The second-order valence-corrected chi connectivity index (χ2v) is 7.41. The van der Waals surface area contributed by atoms with E-state index in [0.29, 0.717) is 23.7 Å². The molecular formula is C22H28ClIN4O. The maximum Gasteiger partial charge on any atom is 0.252 e. The lowest BCUT2D eigenvalue weighted by Gasteiger charge is -2.16. The van der Waals surface area contributed by atoms with Gasteiger partial charge in [0.05, 0.1) is 17.1 Å². The van der Waals surface area contributed by atoms with Crippen molar-refractivity contribution in [2.75, 3.05) is 26.2 Å². The van der Waals surface area contributed by atoms with Gasteiger partial charge in [-0.25, -0.2) is 0 Å². The maximum absolute atomic E-state index is 12.2. The molecule has 0 radical (unpaired) electrons. The summed E-state index contributed by atoms with van der Waals surface area (Å²) in [5.74, 6) is 0.604. The van der Waals surface area contributed by atoms with Crippen LogP contribution in [0.25, 0.3) is 0 Å². The number of nitrogens with one attached hydrogen (secondary N) is 3. The number of carbonyl (C=O) groups is 1. The van der Waals surface area contributed by atoms with Gasteiger partial charge >= 0.3 is 0 Å². The Morgan fingerprint density at radius 1 is 1.00 bits per heavy atom. The van der Waals surface area contributed by atoms with E-state index < -0.39 is 0 Å². The number of halogens is 2. The van der Waals surface area contributed by atoms with E-state index in [1.54, 1.807) is 18.2 Å². The molecule has 0 aromatic heterocycles. The van der Waals surface area contributed by atoms with Crippen molar-refractivity contribution in [3.8, 4) is 0 Å². The first-order chi connectivity index (χ1) is 13.6. The van der Waals surface area contributed by atoms with E-state index in [0.717, 1.165) is 19.0 Å². The zero-order valence-electron chi connectivity index (χ0n) is 16.6. The molecule has 2 aromatic rings. The number of amides is 1. The van der Waals surface area contributed by atoms with Crippen molar-refractivity contribution in [2.24, 2.45) is 4.99 Å². The van der Waals surface area contributed by atoms with E-state index in [4.69, 9.17) is 16.6 Å². The summed E-state index contributed by atoms with van der Waals surface area (Å²) in [7, 11) is 0. The van der Waals surface area contributed by atoms with E-state index in [9.17, 15) is 4.79 Å². The van der Waals surface area contributed by atoms with Gasteiger partial charge in [0.25, 0.3) is 5.91 Å². The first kappa shape index (κ1) is 23.5. The average molecular weight is 527 g/mol. The van der Waals surface area contributed by atoms with Crippen LogP contribution in [0.15, 0.2) is 59.6 Å². The first-order valence-corrected chi connectivity index (χ1v) is 10.1. The molecule has 5 nitrogen and oxygen atoms in total. The molecule has 7 heteroatoms. The lowest BCUT2D eigenvalue weighted by Crippen LogP contribution is -2.42. The first-order valence-electron chi connectivity index (χ1n) is 9.75. The highest BCUT2D eigenvalue weighted by Crippen LogP contribution is 2.48. The van der Waals surface area contributed by atoms with Crippen molar-refractivity contribution >= 4 is 47.4 Å². The zero-order valence-corrected chi connectivity index (χ0v) is 19.7. The van der Waals surface area contributed by atoms with Gasteiger partial charge in [-0.2, -0.15) is 0 Å². The van der Waals surface area contributed by atoms with Gasteiger partial charge in [-0.05, 0) is 37.5 Å². The maximum atomic E-state index is 12.2. The molecule has 1 amide bonds. The van der Waals surface area contributed by atoms with Gasteiger partial charge in [-0.1, -0.05) is 54.1 Å². The second-order valence-electron chi connectivity index (χ2n) is 7.00. The van der Waals surface area contributed by atoms with E-state index >= 15 is 0 Å². The number of rotatable bonds is 8. The number of hydrogen-bond acceptors (Lipinski definition) is 2. The fourth-order valence-electron chi connectivity index (χ4n) is 3.15. The molecule has 1 saturated carbocycles. The monoisotopic (exact) mass is 526 g/mol. The Morgan fingerprint density at radius 3 is 2.31 bits per heavy atom. The quantitative estimate of drug-likeness (QED) is 0.211. The third-order valence-electron chi connectivity index (χ3n) is 4.95. The molecule has 0 atom stereocenters.